The van der Waals surface area contributed by atoms with Crippen LogP contribution < -0.4 is 10.6 Å². The monoisotopic (exact) mass is 127 g/mol. The van der Waals surface area contributed by atoms with Crippen LogP contribution >= 0.6 is 0 Å². The summed E-state index contributed by atoms with van der Waals surface area (Å²) in [5.74, 6) is 0. The fourth-order valence-electron chi connectivity index (χ4n) is 1.19. The van der Waals surface area contributed by atoms with Gasteiger partial charge >= 0.3 is 0 Å². The Labute approximate surface area is 57.0 Å². The summed E-state index contributed by atoms with van der Waals surface area (Å²) in [6.45, 7) is 4.50. The first kappa shape index (κ1) is 7.03. The summed E-state index contributed by atoms with van der Waals surface area (Å²) in [4.78, 5) is 0. The van der Waals surface area contributed by atoms with Crippen LogP contribution in [0.1, 0.15) is 19.8 Å². The van der Waals surface area contributed by atoms with Gasteiger partial charge in [0.2, 0.25) is 0 Å². The van der Waals surface area contributed by atoms with Crippen molar-refractivity contribution in [2.75, 3.05) is 20.1 Å². The van der Waals surface area contributed by atoms with Crippen LogP contribution in [-0.2, 0) is 0 Å². The molecular formula is C7H15N2. The molecular weight excluding hydrogens is 112 g/mol. The van der Waals surface area contributed by atoms with E-state index in [4.69, 9.17) is 0 Å². The van der Waals surface area contributed by atoms with Gasteiger partial charge in [0.25, 0.3) is 0 Å². The van der Waals surface area contributed by atoms with Crippen LogP contribution in [0, 0.1) is 0 Å². The van der Waals surface area contributed by atoms with E-state index in [0.717, 1.165) is 13.1 Å². The summed E-state index contributed by atoms with van der Waals surface area (Å²) in [6.07, 6.45) is 2.40. The largest absolute Gasteiger partial charge is 0.317 e. The van der Waals surface area contributed by atoms with E-state index in [2.05, 4.69) is 17.6 Å². The molecule has 2 heteroatoms. The molecule has 1 heterocycles. The zero-order chi connectivity index (χ0) is 6.74. The van der Waals surface area contributed by atoms with Crippen molar-refractivity contribution in [2.24, 2.45) is 0 Å². The normalized spacial score (nSPS) is 26.0. The van der Waals surface area contributed by atoms with E-state index in [1.165, 1.54) is 12.8 Å². The summed E-state index contributed by atoms with van der Waals surface area (Å²) in [5, 5.41) is 7.65. The van der Waals surface area contributed by atoms with Gasteiger partial charge in [-0.1, -0.05) is 0 Å². The number of rotatable bonds is 1. The van der Waals surface area contributed by atoms with Crippen molar-refractivity contribution in [1.82, 2.24) is 10.6 Å². The predicted octanol–water partition coefficient (Wildman–Crippen LogP) is 0.363. The maximum Gasteiger partial charge on any atom is 0.0349 e. The molecule has 1 rings (SSSR count). The molecule has 0 aromatic carbocycles. The lowest BCUT2D eigenvalue weighted by atomic mass is 9.91. The van der Waals surface area contributed by atoms with Crippen LogP contribution in [0.25, 0.3) is 0 Å². The van der Waals surface area contributed by atoms with Gasteiger partial charge in [-0.3, -0.25) is 0 Å². The second-order valence-corrected chi connectivity index (χ2v) is 2.97. The molecule has 0 saturated carbocycles. The molecule has 9 heavy (non-hydrogen) atoms. The molecule has 0 spiro atoms. The van der Waals surface area contributed by atoms with E-state index in [9.17, 15) is 0 Å². The van der Waals surface area contributed by atoms with Crippen molar-refractivity contribution in [3.8, 4) is 0 Å². The van der Waals surface area contributed by atoms with Crippen LogP contribution in [0.15, 0.2) is 0 Å². The second kappa shape index (κ2) is 2.67. The Bertz CT molecular complexity index is 84.9. The Balaban J connectivity index is 2.37. The van der Waals surface area contributed by atoms with Crippen molar-refractivity contribution in [2.45, 2.75) is 25.3 Å². The van der Waals surface area contributed by atoms with Gasteiger partial charge < -0.3 is 5.32 Å². The molecule has 0 bridgehead atoms. The molecule has 53 valence electrons. The minimum absolute atomic E-state index is 0.283. The molecule has 0 amide bonds. The van der Waals surface area contributed by atoms with Crippen LogP contribution in [-0.4, -0.2) is 25.7 Å². The average Bonchev–Trinajstić information content (AvgIpc) is 1.90. The van der Waals surface area contributed by atoms with E-state index in [1.54, 1.807) is 0 Å². The predicted molar refractivity (Wildman–Crippen MR) is 38.6 cm³/mol. The quantitative estimate of drug-likeness (QED) is 0.541. The van der Waals surface area contributed by atoms with Crippen molar-refractivity contribution < 1.29 is 0 Å². The first-order chi connectivity index (χ1) is 4.27. The molecule has 0 aromatic heterocycles. The number of hydrogen-bond acceptors (Lipinski definition) is 1. The van der Waals surface area contributed by atoms with Gasteiger partial charge in [-0.05, 0) is 32.9 Å². The van der Waals surface area contributed by atoms with Crippen molar-refractivity contribution in [3.05, 3.63) is 0 Å². The Morgan fingerprint density at radius 2 is 1.89 bits per heavy atom. The summed E-state index contributed by atoms with van der Waals surface area (Å²) in [5.41, 5.74) is 0.283. The minimum atomic E-state index is 0.283. The zero-order valence-corrected chi connectivity index (χ0v) is 6.28. The summed E-state index contributed by atoms with van der Waals surface area (Å²) < 4.78 is 0. The molecule has 1 fully saturated rings. The molecule has 1 aliphatic heterocycles. The highest BCUT2D eigenvalue weighted by Gasteiger charge is 2.24. The first-order valence-corrected chi connectivity index (χ1v) is 3.59. The summed E-state index contributed by atoms with van der Waals surface area (Å²) in [7, 11) is 1.92. The van der Waals surface area contributed by atoms with E-state index in [1.807, 2.05) is 7.05 Å². The number of piperidine rings is 1. The molecule has 0 aromatic rings. The van der Waals surface area contributed by atoms with Crippen molar-refractivity contribution >= 4 is 0 Å². The fraction of sp³-hybridized carbons (Fsp3) is 1.00. The molecule has 1 radical (unpaired) electrons. The fourth-order valence-corrected chi connectivity index (χ4v) is 1.19. The topological polar surface area (TPSA) is 26.1 Å². The molecule has 2 nitrogen and oxygen atoms in total. The Kier molecular flexibility index (Phi) is 2.09. The summed E-state index contributed by atoms with van der Waals surface area (Å²) in [6, 6.07) is 0. The molecule has 0 atom stereocenters. The number of nitrogens with one attached hydrogen (secondary N) is 1. The average molecular weight is 127 g/mol. The van der Waals surface area contributed by atoms with Crippen LogP contribution in [0.2, 0.25) is 0 Å². The smallest absolute Gasteiger partial charge is 0.0349 e. The Morgan fingerprint density at radius 1 is 1.33 bits per heavy atom. The van der Waals surface area contributed by atoms with Gasteiger partial charge in [0, 0.05) is 12.6 Å². The van der Waals surface area contributed by atoms with Gasteiger partial charge in [0.05, 0.1) is 0 Å². The van der Waals surface area contributed by atoms with E-state index in [0.29, 0.717) is 0 Å². The highest BCUT2D eigenvalue weighted by Crippen LogP contribution is 2.16. The van der Waals surface area contributed by atoms with E-state index >= 15 is 0 Å². The molecule has 0 unspecified atom stereocenters. The van der Waals surface area contributed by atoms with E-state index < -0.39 is 0 Å². The molecule has 1 aliphatic rings. The van der Waals surface area contributed by atoms with Gasteiger partial charge in [-0.25, -0.2) is 5.32 Å². The SMILES string of the molecule is C[N]C1(C)CCNCC1. The highest BCUT2D eigenvalue weighted by atomic mass is 15.0. The maximum atomic E-state index is 4.34. The van der Waals surface area contributed by atoms with Gasteiger partial charge in [-0.2, -0.15) is 0 Å². The zero-order valence-electron chi connectivity index (χ0n) is 6.28. The molecule has 0 aliphatic carbocycles. The molecule has 1 N–H and O–H groups in total. The Morgan fingerprint density at radius 3 is 2.22 bits per heavy atom. The van der Waals surface area contributed by atoms with Gasteiger partial charge in [-0.15, -0.1) is 0 Å². The first-order valence-electron chi connectivity index (χ1n) is 3.59. The lowest BCUT2D eigenvalue weighted by Gasteiger charge is -2.32. The van der Waals surface area contributed by atoms with Crippen LogP contribution in [0.3, 0.4) is 0 Å². The third-order valence-corrected chi connectivity index (χ3v) is 2.22. The maximum absolute atomic E-state index is 4.34. The third-order valence-electron chi connectivity index (χ3n) is 2.22. The van der Waals surface area contributed by atoms with Gasteiger partial charge in [0.1, 0.15) is 0 Å². The highest BCUT2D eigenvalue weighted by molar-refractivity contribution is 4.85. The Hall–Kier alpha value is -0.0800. The third kappa shape index (κ3) is 1.66. The minimum Gasteiger partial charge on any atom is -0.317 e. The van der Waals surface area contributed by atoms with Crippen LogP contribution in [0.5, 0.6) is 0 Å². The second-order valence-electron chi connectivity index (χ2n) is 2.97. The van der Waals surface area contributed by atoms with E-state index in [-0.39, 0.29) is 5.54 Å². The lowest BCUT2D eigenvalue weighted by Crippen LogP contribution is -2.44. The van der Waals surface area contributed by atoms with Crippen molar-refractivity contribution in [3.63, 3.8) is 0 Å². The lowest BCUT2D eigenvalue weighted by molar-refractivity contribution is 0.279. The number of hydrogen-bond donors (Lipinski definition) is 1. The standard InChI is InChI=1S/C7H15N2/c1-7(8-2)3-5-9-6-4-7/h9H,3-6H2,1-2H3. The van der Waals surface area contributed by atoms with Gasteiger partial charge in [0.15, 0.2) is 0 Å². The van der Waals surface area contributed by atoms with Crippen LogP contribution in [0.4, 0.5) is 0 Å². The number of nitrogens with zero attached hydrogens (tertiary/aromatic N) is 1. The van der Waals surface area contributed by atoms with Crippen molar-refractivity contribution in [1.29, 1.82) is 0 Å². The molecule has 1 saturated heterocycles. The summed E-state index contributed by atoms with van der Waals surface area (Å²) >= 11 is 0.